The van der Waals surface area contributed by atoms with Gasteiger partial charge < -0.3 is 20.7 Å². The van der Waals surface area contributed by atoms with E-state index in [0.717, 1.165) is 24.5 Å². The highest BCUT2D eigenvalue weighted by Gasteiger charge is 2.14. The van der Waals surface area contributed by atoms with E-state index in [-0.39, 0.29) is 0 Å². The van der Waals surface area contributed by atoms with E-state index in [1.54, 1.807) is 7.11 Å². The first-order valence-electron chi connectivity index (χ1n) is 7.09. The average molecular weight is 263 g/mol. The van der Waals surface area contributed by atoms with E-state index in [0.29, 0.717) is 11.6 Å². The van der Waals surface area contributed by atoms with E-state index in [2.05, 4.69) is 17.1 Å². The zero-order valence-corrected chi connectivity index (χ0v) is 12.0. The van der Waals surface area contributed by atoms with Crippen LogP contribution in [0.5, 0.6) is 5.75 Å². The topological polar surface area (TPSA) is 50.5 Å². The van der Waals surface area contributed by atoms with Gasteiger partial charge in [0.15, 0.2) is 0 Å². The molecule has 1 saturated heterocycles. The molecule has 0 spiro atoms. The van der Waals surface area contributed by atoms with E-state index in [9.17, 15) is 0 Å². The fraction of sp³-hybridized carbons (Fsp3) is 0.600. The number of para-hydroxylation sites is 1. The molecule has 1 fully saturated rings. The number of benzene rings is 1. The van der Waals surface area contributed by atoms with Gasteiger partial charge in [0.2, 0.25) is 0 Å². The lowest BCUT2D eigenvalue weighted by Gasteiger charge is -2.21. The second-order valence-corrected chi connectivity index (χ2v) is 5.42. The molecule has 19 heavy (non-hydrogen) atoms. The molecule has 0 aliphatic carbocycles. The number of anilines is 2. The third kappa shape index (κ3) is 3.77. The summed E-state index contributed by atoms with van der Waals surface area (Å²) in [6.45, 7) is 6.89. The molecule has 0 amide bonds. The van der Waals surface area contributed by atoms with Crippen molar-refractivity contribution in [3.8, 4) is 5.75 Å². The van der Waals surface area contributed by atoms with Crippen molar-refractivity contribution >= 4 is 11.4 Å². The average Bonchev–Trinajstić information content (AvgIpc) is 2.90. The maximum Gasteiger partial charge on any atom is 0.143 e. The standard InChI is InChI=1S/C15H25N3O/c1-12(11-18-8-3-4-9-18)10-17-13-6-5-7-14(19-2)15(13)16/h5-7,12,17H,3-4,8-11,16H2,1-2H3. The predicted molar refractivity (Wildman–Crippen MR) is 80.7 cm³/mol. The fourth-order valence-electron chi connectivity index (χ4n) is 2.63. The lowest BCUT2D eigenvalue weighted by molar-refractivity contribution is 0.294. The number of nitrogen functional groups attached to an aromatic ring is 1. The highest BCUT2D eigenvalue weighted by molar-refractivity contribution is 5.72. The van der Waals surface area contributed by atoms with Crippen LogP contribution in [0.25, 0.3) is 0 Å². The van der Waals surface area contributed by atoms with Crippen molar-refractivity contribution in [1.29, 1.82) is 0 Å². The van der Waals surface area contributed by atoms with Crippen molar-refractivity contribution in [3.05, 3.63) is 18.2 Å². The van der Waals surface area contributed by atoms with Gasteiger partial charge in [0.25, 0.3) is 0 Å². The van der Waals surface area contributed by atoms with E-state index in [1.807, 2.05) is 18.2 Å². The van der Waals surface area contributed by atoms with Gasteiger partial charge in [-0.3, -0.25) is 0 Å². The van der Waals surface area contributed by atoms with Gasteiger partial charge in [-0.2, -0.15) is 0 Å². The van der Waals surface area contributed by atoms with E-state index in [1.165, 1.54) is 25.9 Å². The third-order valence-corrected chi connectivity index (χ3v) is 3.70. The Balaban J connectivity index is 1.84. The number of nitrogens with two attached hydrogens (primary N) is 1. The Hall–Kier alpha value is -1.42. The van der Waals surface area contributed by atoms with Crippen molar-refractivity contribution in [2.24, 2.45) is 5.92 Å². The molecule has 0 saturated carbocycles. The fourth-order valence-corrected chi connectivity index (χ4v) is 2.63. The number of hydrogen-bond donors (Lipinski definition) is 2. The predicted octanol–water partition coefficient (Wildman–Crippen LogP) is 2.42. The Labute approximate surface area is 115 Å². The van der Waals surface area contributed by atoms with Crippen molar-refractivity contribution in [2.75, 3.05) is 44.3 Å². The number of rotatable bonds is 6. The van der Waals surface area contributed by atoms with Gasteiger partial charge in [0.05, 0.1) is 18.5 Å². The van der Waals surface area contributed by atoms with Crippen molar-refractivity contribution < 1.29 is 4.74 Å². The largest absolute Gasteiger partial charge is 0.495 e. The molecule has 1 atom stereocenters. The van der Waals surface area contributed by atoms with Crippen LogP contribution in [-0.4, -0.2) is 38.2 Å². The number of hydrogen-bond acceptors (Lipinski definition) is 4. The lowest BCUT2D eigenvalue weighted by Crippen LogP contribution is -2.29. The van der Waals surface area contributed by atoms with Crippen molar-refractivity contribution in [1.82, 2.24) is 4.90 Å². The minimum absolute atomic E-state index is 0.615. The molecule has 0 radical (unpaired) electrons. The van der Waals surface area contributed by atoms with E-state index < -0.39 is 0 Å². The van der Waals surface area contributed by atoms with Crippen LogP contribution in [-0.2, 0) is 0 Å². The van der Waals surface area contributed by atoms with Crippen LogP contribution < -0.4 is 15.8 Å². The summed E-state index contributed by atoms with van der Waals surface area (Å²) in [5.41, 5.74) is 7.70. The summed E-state index contributed by atoms with van der Waals surface area (Å²) in [7, 11) is 1.64. The Morgan fingerprint density at radius 3 is 2.79 bits per heavy atom. The Morgan fingerprint density at radius 1 is 1.37 bits per heavy atom. The van der Waals surface area contributed by atoms with Crippen LogP contribution in [0.2, 0.25) is 0 Å². The van der Waals surface area contributed by atoms with Crippen molar-refractivity contribution in [3.63, 3.8) is 0 Å². The first-order chi connectivity index (χ1) is 9.20. The Kier molecular flexibility index (Phi) is 4.91. The summed E-state index contributed by atoms with van der Waals surface area (Å²) in [6, 6.07) is 5.84. The van der Waals surface area contributed by atoms with E-state index in [4.69, 9.17) is 10.5 Å². The summed E-state index contributed by atoms with van der Waals surface area (Å²) in [6.07, 6.45) is 2.70. The Morgan fingerprint density at radius 2 is 2.11 bits per heavy atom. The lowest BCUT2D eigenvalue weighted by atomic mass is 10.1. The van der Waals surface area contributed by atoms with Crippen LogP contribution in [0.3, 0.4) is 0 Å². The molecule has 1 aliphatic rings. The number of nitrogens with zero attached hydrogens (tertiary/aromatic N) is 1. The minimum Gasteiger partial charge on any atom is -0.495 e. The molecule has 1 heterocycles. The quantitative estimate of drug-likeness (QED) is 0.774. The minimum atomic E-state index is 0.615. The highest BCUT2D eigenvalue weighted by atomic mass is 16.5. The monoisotopic (exact) mass is 263 g/mol. The zero-order valence-electron chi connectivity index (χ0n) is 12.0. The second-order valence-electron chi connectivity index (χ2n) is 5.42. The highest BCUT2D eigenvalue weighted by Crippen LogP contribution is 2.29. The number of ether oxygens (including phenoxy) is 1. The molecule has 1 aromatic carbocycles. The van der Waals surface area contributed by atoms with Crippen LogP contribution in [0.15, 0.2) is 18.2 Å². The number of nitrogens with one attached hydrogen (secondary N) is 1. The van der Waals surface area contributed by atoms with Gasteiger partial charge in [-0.05, 0) is 44.0 Å². The SMILES string of the molecule is COc1cccc(NCC(C)CN2CCCC2)c1N. The normalized spacial score (nSPS) is 17.4. The van der Waals surface area contributed by atoms with Gasteiger partial charge >= 0.3 is 0 Å². The Bertz CT molecular complexity index is 402. The maximum absolute atomic E-state index is 6.05. The molecule has 3 N–H and O–H groups in total. The summed E-state index contributed by atoms with van der Waals surface area (Å²) in [4.78, 5) is 2.54. The van der Waals surface area contributed by atoms with Crippen molar-refractivity contribution in [2.45, 2.75) is 19.8 Å². The van der Waals surface area contributed by atoms with Crippen LogP contribution >= 0.6 is 0 Å². The second kappa shape index (κ2) is 6.66. The molecule has 1 unspecified atom stereocenters. The van der Waals surface area contributed by atoms with Gasteiger partial charge in [-0.25, -0.2) is 0 Å². The molecule has 0 bridgehead atoms. The molecule has 4 nitrogen and oxygen atoms in total. The smallest absolute Gasteiger partial charge is 0.143 e. The molecule has 1 aromatic rings. The third-order valence-electron chi connectivity index (χ3n) is 3.70. The van der Waals surface area contributed by atoms with Crippen LogP contribution in [0.1, 0.15) is 19.8 Å². The molecular weight excluding hydrogens is 238 g/mol. The number of methoxy groups -OCH3 is 1. The first kappa shape index (κ1) is 14.0. The molecule has 106 valence electrons. The summed E-state index contributed by atoms with van der Waals surface area (Å²) >= 11 is 0. The molecule has 2 rings (SSSR count). The van der Waals surface area contributed by atoms with Gasteiger partial charge in [0.1, 0.15) is 5.75 Å². The van der Waals surface area contributed by atoms with E-state index >= 15 is 0 Å². The first-order valence-corrected chi connectivity index (χ1v) is 7.09. The molecule has 4 heteroatoms. The van der Waals surface area contributed by atoms with Gasteiger partial charge in [-0.15, -0.1) is 0 Å². The molecule has 0 aromatic heterocycles. The molecule has 1 aliphatic heterocycles. The van der Waals surface area contributed by atoms with Gasteiger partial charge in [0, 0.05) is 13.1 Å². The maximum atomic E-state index is 6.05. The van der Waals surface area contributed by atoms with Crippen LogP contribution in [0, 0.1) is 5.92 Å². The zero-order chi connectivity index (χ0) is 13.7. The van der Waals surface area contributed by atoms with Crippen LogP contribution in [0.4, 0.5) is 11.4 Å². The number of likely N-dealkylation sites (tertiary alicyclic amines) is 1. The molecular formula is C15H25N3O. The summed E-state index contributed by atoms with van der Waals surface area (Å²) in [5.74, 6) is 1.35. The summed E-state index contributed by atoms with van der Waals surface area (Å²) < 4.78 is 5.23. The summed E-state index contributed by atoms with van der Waals surface area (Å²) in [5, 5.41) is 3.43. The van der Waals surface area contributed by atoms with Gasteiger partial charge in [-0.1, -0.05) is 13.0 Å².